The van der Waals surface area contributed by atoms with E-state index in [0.717, 1.165) is 46.7 Å². The highest BCUT2D eigenvalue weighted by molar-refractivity contribution is 5.86. The number of likely N-dealkylation sites (N-methyl/N-ethyl adjacent to an activating group) is 1. The normalized spacial score (nSPS) is 18.6. The summed E-state index contributed by atoms with van der Waals surface area (Å²) in [6.45, 7) is 1.19. The minimum Gasteiger partial charge on any atom is -0.497 e. The van der Waals surface area contributed by atoms with E-state index >= 15 is 0 Å². The van der Waals surface area contributed by atoms with Crippen LogP contribution in [0, 0.1) is 0 Å². The molecular weight excluding hydrogens is 344 g/mol. The molecule has 0 radical (unpaired) electrons. The lowest BCUT2D eigenvalue weighted by atomic mass is 9.87. The number of nitrogens with one attached hydrogen (secondary N) is 1. The Morgan fingerprint density at radius 3 is 2.85 bits per heavy atom. The van der Waals surface area contributed by atoms with Gasteiger partial charge in [0.05, 0.1) is 20.3 Å². The van der Waals surface area contributed by atoms with Gasteiger partial charge >= 0.3 is 0 Å². The Morgan fingerprint density at radius 2 is 2.04 bits per heavy atom. The summed E-state index contributed by atoms with van der Waals surface area (Å²) in [5, 5.41) is 1.15. The number of aromatic nitrogens is 1. The number of ether oxygens (including phenoxy) is 4. The van der Waals surface area contributed by atoms with Crippen molar-refractivity contribution in [1.29, 1.82) is 0 Å². The zero-order valence-corrected chi connectivity index (χ0v) is 15.7. The standard InChI is InChI=1S/C21H22N2O4/c1-23-7-6-12-8-17-20(27-11-26-17)21(25-3)18(12)19(23)15-10-22-16-5-4-13(24-2)9-14(15)16/h4-5,8-10,19,22H,6-7,11H2,1-3H3/t19-/m0/s1. The summed E-state index contributed by atoms with van der Waals surface area (Å²) < 4.78 is 22.6. The van der Waals surface area contributed by atoms with Crippen molar-refractivity contribution in [2.75, 3.05) is 34.6 Å². The smallest absolute Gasteiger partial charge is 0.231 e. The molecule has 0 saturated carbocycles. The maximum absolute atomic E-state index is 5.82. The zero-order chi connectivity index (χ0) is 18.5. The van der Waals surface area contributed by atoms with E-state index in [1.807, 2.05) is 6.07 Å². The molecule has 2 aliphatic rings. The minimum absolute atomic E-state index is 0.0547. The Hall–Kier alpha value is -2.86. The lowest BCUT2D eigenvalue weighted by Crippen LogP contribution is -2.33. The van der Waals surface area contributed by atoms with Gasteiger partial charge in [-0.2, -0.15) is 0 Å². The summed E-state index contributed by atoms with van der Waals surface area (Å²) in [6.07, 6.45) is 3.03. The number of rotatable bonds is 3. The number of methoxy groups -OCH3 is 2. The average molecular weight is 366 g/mol. The molecule has 0 spiro atoms. The third-order valence-electron chi connectivity index (χ3n) is 5.61. The van der Waals surface area contributed by atoms with Gasteiger partial charge in [0.25, 0.3) is 0 Å². The topological polar surface area (TPSA) is 56.0 Å². The highest BCUT2D eigenvalue weighted by Crippen LogP contribution is 2.51. The molecule has 2 aliphatic heterocycles. The molecular formula is C21H22N2O4. The van der Waals surface area contributed by atoms with Gasteiger partial charge in [0.2, 0.25) is 12.5 Å². The second kappa shape index (κ2) is 6.09. The van der Waals surface area contributed by atoms with Crippen LogP contribution in [0.25, 0.3) is 10.9 Å². The van der Waals surface area contributed by atoms with Gasteiger partial charge in [-0.15, -0.1) is 0 Å². The van der Waals surface area contributed by atoms with Crippen molar-refractivity contribution in [3.05, 3.63) is 47.2 Å². The SMILES string of the molecule is COc1ccc2[nH]cc([C@H]3c4c(cc5c(c4OC)OCO5)CCN3C)c2c1. The Kier molecular flexibility index (Phi) is 3.68. The predicted octanol–water partition coefficient (Wildman–Crippen LogP) is 3.49. The molecule has 3 aromatic rings. The fourth-order valence-electron chi connectivity index (χ4n) is 4.30. The molecule has 0 unspecified atom stereocenters. The molecule has 140 valence electrons. The van der Waals surface area contributed by atoms with Crippen molar-refractivity contribution in [2.45, 2.75) is 12.5 Å². The maximum Gasteiger partial charge on any atom is 0.231 e. The summed E-state index contributed by atoms with van der Waals surface area (Å²) in [5.74, 6) is 3.09. The number of hydrogen-bond acceptors (Lipinski definition) is 5. The monoisotopic (exact) mass is 366 g/mol. The molecule has 2 aromatic carbocycles. The lowest BCUT2D eigenvalue weighted by Gasteiger charge is -2.35. The number of fused-ring (bicyclic) bond motifs is 3. The van der Waals surface area contributed by atoms with Gasteiger partial charge in [-0.3, -0.25) is 4.90 Å². The third kappa shape index (κ3) is 2.36. The molecule has 5 rings (SSSR count). The fraction of sp³-hybridized carbons (Fsp3) is 0.333. The van der Waals surface area contributed by atoms with Crippen LogP contribution in [-0.4, -0.2) is 44.5 Å². The molecule has 0 fully saturated rings. The van der Waals surface area contributed by atoms with Crippen LogP contribution in [0.15, 0.2) is 30.5 Å². The third-order valence-corrected chi connectivity index (χ3v) is 5.61. The van der Waals surface area contributed by atoms with E-state index < -0.39 is 0 Å². The van der Waals surface area contributed by atoms with Crippen molar-refractivity contribution in [2.24, 2.45) is 0 Å². The van der Waals surface area contributed by atoms with Crippen LogP contribution in [0.2, 0.25) is 0 Å². The van der Waals surface area contributed by atoms with Crippen LogP contribution in [0.3, 0.4) is 0 Å². The number of hydrogen-bond donors (Lipinski definition) is 1. The molecule has 0 aliphatic carbocycles. The Balaban J connectivity index is 1.75. The molecule has 6 heteroatoms. The molecule has 3 heterocycles. The average Bonchev–Trinajstić information content (AvgIpc) is 3.32. The van der Waals surface area contributed by atoms with Crippen LogP contribution < -0.4 is 18.9 Å². The molecule has 6 nitrogen and oxygen atoms in total. The molecule has 27 heavy (non-hydrogen) atoms. The van der Waals surface area contributed by atoms with Gasteiger partial charge in [-0.05, 0) is 48.9 Å². The molecule has 0 amide bonds. The Morgan fingerprint density at radius 1 is 1.15 bits per heavy atom. The summed E-state index contributed by atoms with van der Waals surface area (Å²) in [6, 6.07) is 8.27. The minimum atomic E-state index is 0.0547. The second-order valence-electron chi connectivity index (χ2n) is 7.01. The first kappa shape index (κ1) is 16.3. The fourth-order valence-corrected chi connectivity index (χ4v) is 4.30. The molecule has 1 aromatic heterocycles. The van der Waals surface area contributed by atoms with Crippen molar-refractivity contribution in [1.82, 2.24) is 9.88 Å². The van der Waals surface area contributed by atoms with Crippen LogP contribution in [0.4, 0.5) is 0 Å². The van der Waals surface area contributed by atoms with Gasteiger partial charge in [-0.1, -0.05) is 0 Å². The van der Waals surface area contributed by atoms with Gasteiger partial charge < -0.3 is 23.9 Å². The number of H-pyrrole nitrogens is 1. The highest BCUT2D eigenvalue weighted by atomic mass is 16.7. The van der Waals surface area contributed by atoms with Crippen molar-refractivity contribution < 1.29 is 18.9 Å². The van der Waals surface area contributed by atoms with Gasteiger partial charge in [-0.25, -0.2) is 0 Å². The lowest BCUT2D eigenvalue weighted by molar-refractivity contribution is 0.171. The Labute approximate surface area is 157 Å². The van der Waals surface area contributed by atoms with E-state index in [9.17, 15) is 0 Å². The largest absolute Gasteiger partial charge is 0.497 e. The Bertz CT molecular complexity index is 1030. The van der Waals surface area contributed by atoms with E-state index in [1.54, 1.807) is 14.2 Å². The number of benzene rings is 2. The summed E-state index contributed by atoms with van der Waals surface area (Å²) >= 11 is 0. The predicted molar refractivity (Wildman–Crippen MR) is 102 cm³/mol. The first-order valence-corrected chi connectivity index (χ1v) is 9.06. The van der Waals surface area contributed by atoms with Crippen molar-refractivity contribution in [3.8, 4) is 23.0 Å². The summed E-state index contributed by atoms with van der Waals surface area (Å²) in [4.78, 5) is 5.76. The zero-order valence-electron chi connectivity index (χ0n) is 15.7. The van der Waals surface area contributed by atoms with E-state index in [1.165, 1.54) is 11.1 Å². The second-order valence-corrected chi connectivity index (χ2v) is 7.01. The number of nitrogens with zero attached hydrogens (tertiary/aromatic N) is 1. The van der Waals surface area contributed by atoms with E-state index in [-0.39, 0.29) is 12.8 Å². The highest BCUT2D eigenvalue weighted by Gasteiger charge is 2.35. The molecule has 0 saturated heterocycles. The molecule has 0 bridgehead atoms. The van der Waals surface area contributed by atoms with E-state index in [2.05, 4.69) is 41.3 Å². The van der Waals surface area contributed by atoms with Crippen molar-refractivity contribution in [3.63, 3.8) is 0 Å². The van der Waals surface area contributed by atoms with Crippen LogP contribution in [0.1, 0.15) is 22.7 Å². The first-order chi connectivity index (χ1) is 13.2. The van der Waals surface area contributed by atoms with Crippen LogP contribution >= 0.6 is 0 Å². The van der Waals surface area contributed by atoms with E-state index in [0.29, 0.717) is 5.75 Å². The van der Waals surface area contributed by atoms with Gasteiger partial charge in [0.1, 0.15) is 5.75 Å². The van der Waals surface area contributed by atoms with Crippen molar-refractivity contribution >= 4 is 10.9 Å². The first-order valence-electron chi connectivity index (χ1n) is 9.06. The van der Waals surface area contributed by atoms with E-state index in [4.69, 9.17) is 18.9 Å². The molecule has 1 atom stereocenters. The quantitative estimate of drug-likeness (QED) is 0.769. The van der Waals surface area contributed by atoms with Crippen LogP contribution in [-0.2, 0) is 6.42 Å². The van der Waals surface area contributed by atoms with Gasteiger partial charge in [0.15, 0.2) is 11.5 Å². The summed E-state index contributed by atoms with van der Waals surface area (Å²) in [7, 11) is 5.54. The maximum atomic E-state index is 5.82. The van der Waals surface area contributed by atoms with Gasteiger partial charge in [0, 0.05) is 29.2 Å². The summed E-state index contributed by atoms with van der Waals surface area (Å²) in [5.41, 5.74) is 4.69. The number of aromatic amines is 1. The van der Waals surface area contributed by atoms with Crippen LogP contribution in [0.5, 0.6) is 23.0 Å². The molecule has 1 N–H and O–H groups in total.